The average Bonchev–Trinajstić information content (AvgIpc) is 2.18. The van der Waals surface area contributed by atoms with Crippen LogP contribution in [0, 0.1) is 5.41 Å². The monoisotopic (exact) mass is 208 g/mol. The molecule has 2 heteroatoms. The second kappa shape index (κ2) is 3.82. The van der Waals surface area contributed by atoms with E-state index in [0.29, 0.717) is 11.0 Å². The molecule has 0 amide bonds. The molecule has 86 valence electrons. The average molecular weight is 208 g/mol. The van der Waals surface area contributed by atoms with Crippen LogP contribution in [-0.4, -0.2) is 30.1 Å². The van der Waals surface area contributed by atoms with E-state index in [0.717, 1.165) is 6.54 Å². The first-order valence-corrected chi connectivity index (χ1v) is 6.18. The number of hydrogen-bond donors (Lipinski definition) is 1. The summed E-state index contributed by atoms with van der Waals surface area (Å²) in [6.45, 7) is 10.6. The number of nitrogens with one attached hydrogen (secondary N) is 1. The van der Waals surface area contributed by atoms with Crippen molar-refractivity contribution >= 4 is 0 Å². The van der Waals surface area contributed by atoms with Gasteiger partial charge in [-0.25, -0.2) is 0 Å². The number of rotatable bonds is 0. The van der Waals surface area contributed by atoms with Crippen LogP contribution in [0.5, 0.6) is 0 Å². The summed E-state index contributed by atoms with van der Waals surface area (Å²) >= 11 is 0. The molecule has 0 saturated carbocycles. The third kappa shape index (κ3) is 2.36. The molecule has 1 spiro atoms. The summed E-state index contributed by atoms with van der Waals surface area (Å²) in [6, 6.07) is 0. The SMILES string of the molecule is CC(C)(C)N1CCC2(C=CNCC2)CC1. The zero-order valence-electron chi connectivity index (χ0n) is 10.3. The lowest BCUT2D eigenvalue weighted by Crippen LogP contribution is -2.49. The number of piperidine rings is 1. The first-order chi connectivity index (χ1) is 7.02. The third-order valence-corrected chi connectivity index (χ3v) is 4.03. The minimum Gasteiger partial charge on any atom is -0.391 e. The van der Waals surface area contributed by atoms with E-state index in [-0.39, 0.29) is 0 Å². The van der Waals surface area contributed by atoms with Crippen LogP contribution in [-0.2, 0) is 0 Å². The fraction of sp³-hybridized carbons (Fsp3) is 0.846. The zero-order valence-corrected chi connectivity index (χ0v) is 10.3. The predicted molar refractivity (Wildman–Crippen MR) is 64.8 cm³/mol. The number of hydrogen-bond acceptors (Lipinski definition) is 2. The Morgan fingerprint density at radius 3 is 2.27 bits per heavy atom. The van der Waals surface area contributed by atoms with Gasteiger partial charge in [-0.2, -0.15) is 0 Å². The van der Waals surface area contributed by atoms with Crippen LogP contribution in [0.4, 0.5) is 0 Å². The second-order valence-corrected chi connectivity index (χ2v) is 6.06. The molecule has 0 radical (unpaired) electrons. The van der Waals surface area contributed by atoms with Gasteiger partial charge in [0, 0.05) is 12.1 Å². The van der Waals surface area contributed by atoms with Crippen molar-refractivity contribution < 1.29 is 0 Å². The van der Waals surface area contributed by atoms with Crippen LogP contribution in [0.2, 0.25) is 0 Å². The molecule has 2 heterocycles. The Labute approximate surface area is 93.7 Å². The largest absolute Gasteiger partial charge is 0.391 e. The highest BCUT2D eigenvalue weighted by molar-refractivity contribution is 5.05. The van der Waals surface area contributed by atoms with Crippen LogP contribution in [0.25, 0.3) is 0 Å². The summed E-state index contributed by atoms with van der Waals surface area (Å²) in [4.78, 5) is 2.62. The summed E-state index contributed by atoms with van der Waals surface area (Å²) in [5.41, 5.74) is 0.866. The predicted octanol–water partition coefficient (Wildman–Crippen LogP) is 2.37. The molecule has 0 aromatic carbocycles. The van der Waals surface area contributed by atoms with E-state index in [2.05, 4.69) is 43.3 Å². The van der Waals surface area contributed by atoms with Gasteiger partial charge in [0.05, 0.1) is 0 Å². The summed E-state index contributed by atoms with van der Waals surface area (Å²) in [5.74, 6) is 0. The van der Waals surface area contributed by atoms with Crippen LogP contribution in [0.3, 0.4) is 0 Å². The topological polar surface area (TPSA) is 15.3 Å². The zero-order chi connectivity index (χ0) is 10.9. The molecule has 1 fully saturated rings. The van der Waals surface area contributed by atoms with Crippen molar-refractivity contribution in [3.05, 3.63) is 12.3 Å². The molecular formula is C13H24N2. The van der Waals surface area contributed by atoms with Gasteiger partial charge >= 0.3 is 0 Å². The van der Waals surface area contributed by atoms with Gasteiger partial charge in [-0.1, -0.05) is 6.08 Å². The minimum absolute atomic E-state index is 0.345. The summed E-state index contributed by atoms with van der Waals surface area (Å²) in [6.07, 6.45) is 8.57. The van der Waals surface area contributed by atoms with E-state index in [1.54, 1.807) is 0 Å². The van der Waals surface area contributed by atoms with Crippen LogP contribution < -0.4 is 5.32 Å². The first kappa shape index (κ1) is 11.0. The molecule has 1 saturated heterocycles. The molecule has 0 aliphatic carbocycles. The standard InChI is InChI=1S/C13H24N2/c1-12(2,3)15-10-6-13(7-11-15)4-8-14-9-5-13/h4,8,14H,5-7,9-11H2,1-3H3. The lowest BCUT2D eigenvalue weighted by molar-refractivity contribution is 0.0581. The lowest BCUT2D eigenvalue weighted by atomic mass is 9.74. The van der Waals surface area contributed by atoms with Gasteiger partial charge < -0.3 is 5.32 Å². The second-order valence-electron chi connectivity index (χ2n) is 6.06. The molecule has 0 aromatic rings. The molecule has 0 unspecified atom stereocenters. The minimum atomic E-state index is 0.345. The van der Waals surface area contributed by atoms with Gasteiger partial charge in [-0.05, 0) is 64.7 Å². The number of allylic oxidation sites excluding steroid dienone is 1. The van der Waals surface area contributed by atoms with Gasteiger partial charge in [0.15, 0.2) is 0 Å². The molecule has 0 atom stereocenters. The van der Waals surface area contributed by atoms with Crippen molar-refractivity contribution in [2.24, 2.45) is 5.41 Å². The maximum absolute atomic E-state index is 3.30. The number of likely N-dealkylation sites (tertiary alicyclic amines) is 1. The van der Waals surface area contributed by atoms with Crippen molar-refractivity contribution in [1.82, 2.24) is 10.2 Å². The Morgan fingerprint density at radius 2 is 1.80 bits per heavy atom. The van der Waals surface area contributed by atoms with Crippen molar-refractivity contribution in [1.29, 1.82) is 0 Å². The van der Waals surface area contributed by atoms with E-state index in [4.69, 9.17) is 0 Å². The lowest BCUT2D eigenvalue weighted by Gasteiger charge is -2.46. The van der Waals surface area contributed by atoms with Crippen molar-refractivity contribution in [3.8, 4) is 0 Å². The highest BCUT2D eigenvalue weighted by Gasteiger charge is 2.35. The Kier molecular flexibility index (Phi) is 2.80. The Morgan fingerprint density at radius 1 is 1.13 bits per heavy atom. The summed E-state index contributed by atoms with van der Waals surface area (Å²) < 4.78 is 0. The molecule has 2 aliphatic heterocycles. The maximum atomic E-state index is 3.30. The van der Waals surface area contributed by atoms with Gasteiger partial charge in [-0.15, -0.1) is 0 Å². The fourth-order valence-electron chi connectivity index (χ4n) is 2.76. The van der Waals surface area contributed by atoms with Gasteiger partial charge in [0.1, 0.15) is 0 Å². The molecule has 2 rings (SSSR count). The van der Waals surface area contributed by atoms with Gasteiger partial charge in [0.2, 0.25) is 0 Å². The fourth-order valence-corrected chi connectivity index (χ4v) is 2.76. The van der Waals surface area contributed by atoms with Crippen LogP contribution in [0.1, 0.15) is 40.0 Å². The summed E-state index contributed by atoms with van der Waals surface area (Å²) in [7, 11) is 0. The first-order valence-electron chi connectivity index (χ1n) is 6.18. The third-order valence-electron chi connectivity index (χ3n) is 4.03. The quantitative estimate of drug-likeness (QED) is 0.657. The van der Waals surface area contributed by atoms with Crippen molar-refractivity contribution in [3.63, 3.8) is 0 Å². The van der Waals surface area contributed by atoms with E-state index in [1.807, 2.05) is 0 Å². The Bertz CT molecular complexity index is 242. The van der Waals surface area contributed by atoms with Crippen molar-refractivity contribution in [2.45, 2.75) is 45.6 Å². The van der Waals surface area contributed by atoms with Crippen LogP contribution in [0.15, 0.2) is 12.3 Å². The Balaban J connectivity index is 1.97. The molecule has 0 bridgehead atoms. The molecule has 1 N–H and O–H groups in total. The van der Waals surface area contributed by atoms with Crippen molar-refractivity contribution in [2.75, 3.05) is 19.6 Å². The van der Waals surface area contributed by atoms with Gasteiger partial charge in [0.25, 0.3) is 0 Å². The van der Waals surface area contributed by atoms with E-state index in [1.165, 1.54) is 32.4 Å². The number of nitrogens with zero attached hydrogens (tertiary/aromatic N) is 1. The molecule has 15 heavy (non-hydrogen) atoms. The van der Waals surface area contributed by atoms with E-state index in [9.17, 15) is 0 Å². The maximum Gasteiger partial charge on any atom is 0.0149 e. The van der Waals surface area contributed by atoms with E-state index >= 15 is 0 Å². The normalized spacial score (nSPS) is 26.6. The Hall–Kier alpha value is -0.500. The molecule has 2 aliphatic rings. The smallest absolute Gasteiger partial charge is 0.0149 e. The molecule has 2 nitrogen and oxygen atoms in total. The van der Waals surface area contributed by atoms with Gasteiger partial charge in [-0.3, -0.25) is 4.90 Å². The highest BCUT2D eigenvalue weighted by Crippen LogP contribution is 2.39. The molecule has 0 aromatic heterocycles. The summed E-state index contributed by atoms with van der Waals surface area (Å²) in [5, 5.41) is 3.30. The molecular weight excluding hydrogens is 184 g/mol. The van der Waals surface area contributed by atoms with E-state index < -0.39 is 0 Å². The van der Waals surface area contributed by atoms with Crippen LogP contribution >= 0.6 is 0 Å². The highest BCUT2D eigenvalue weighted by atomic mass is 15.2.